The van der Waals surface area contributed by atoms with Gasteiger partial charge < -0.3 is 11.1 Å². The van der Waals surface area contributed by atoms with Gasteiger partial charge in [-0.2, -0.15) is 10.4 Å². The first-order chi connectivity index (χ1) is 14.9. The van der Waals surface area contributed by atoms with E-state index in [2.05, 4.69) is 25.4 Å². The normalized spacial score (nSPS) is 12.1. The number of nitriles is 1. The zero-order valence-electron chi connectivity index (χ0n) is 16.7. The largest absolute Gasteiger partial charge is 0.382 e. The maximum absolute atomic E-state index is 14.0. The molecule has 4 aromatic rings. The number of rotatable bonds is 5. The first kappa shape index (κ1) is 20.5. The van der Waals surface area contributed by atoms with Crippen molar-refractivity contribution in [3.8, 4) is 17.3 Å². The van der Waals surface area contributed by atoms with Crippen LogP contribution in [0.5, 0.6) is 0 Å². The van der Waals surface area contributed by atoms with Gasteiger partial charge in [-0.1, -0.05) is 37.6 Å². The molecule has 156 valence electrons. The van der Waals surface area contributed by atoms with Crippen molar-refractivity contribution in [3.63, 3.8) is 0 Å². The summed E-state index contributed by atoms with van der Waals surface area (Å²) < 4.78 is 15.5. The predicted octanol–water partition coefficient (Wildman–Crippen LogP) is 4.24. The average Bonchev–Trinajstić information content (AvgIpc) is 3.11. The lowest BCUT2D eigenvalue weighted by Gasteiger charge is -2.26. The molecule has 4 rings (SSSR count). The van der Waals surface area contributed by atoms with Crippen molar-refractivity contribution < 1.29 is 4.39 Å². The minimum atomic E-state index is -0.383. The molecule has 0 amide bonds. The maximum Gasteiger partial charge on any atom is 0.155 e. The molecule has 1 aromatic carbocycles. The SMILES string of the molecule is CC(C)[C@@H](Nc1ncnc(N)c1C#N)c1cc2ncc(Cl)n2nc1-c1cccc(F)c1. The lowest BCUT2D eigenvalue weighted by molar-refractivity contribution is 0.543. The van der Waals surface area contributed by atoms with E-state index in [0.29, 0.717) is 27.9 Å². The highest BCUT2D eigenvalue weighted by atomic mass is 35.5. The summed E-state index contributed by atoms with van der Waals surface area (Å²) in [7, 11) is 0. The molecule has 0 saturated carbocycles. The molecule has 1 atom stereocenters. The molecule has 0 unspecified atom stereocenters. The molecule has 0 fully saturated rings. The van der Waals surface area contributed by atoms with Crippen molar-refractivity contribution in [2.45, 2.75) is 19.9 Å². The van der Waals surface area contributed by atoms with E-state index in [-0.39, 0.29) is 29.2 Å². The number of anilines is 2. The third kappa shape index (κ3) is 3.85. The van der Waals surface area contributed by atoms with Crippen molar-refractivity contribution in [1.29, 1.82) is 5.26 Å². The van der Waals surface area contributed by atoms with Gasteiger partial charge in [-0.25, -0.2) is 23.9 Å². The molecule has 3 N–H and O–H groups in total. The number of nitrogen functional groups attached to an aromatic ring is 1. The Hall–Kier alpha value is -3.77. The van der Waals surface area contributed by atoms with E-state index in [1.54, 1.807) is 12.1 Å². The summed E-state index contributed by atoms with van der Waals surface area (Å²) in [5, 5.41) is 17.8. The van der Waals surface area contributed by atoms with Crippen LogP contribution in [0.15, 0.2) is 42.9 Å². The summed E-state index contributed by atoms with van der Waals surface area (Å²) in [6.07, 6.45) is 2.79. The van der Waals surface area contributed by atoms with Crippen LogP contribution < -0.4 is 11.1 Å². The Balaban J connectivity index is 1.92. The van der Waals surface area contributed by atoms with E-state index in [9.17, 15) is 9.65 Å². The van der Waals surface area contributed by atoms with E-state index in [4.69, 9.17) is 17.3 Å². The Kier molecular flexibility index (Phi) is 5.40. The van der Waals surface area contributed by atoms with Gasteiger partial charge in [-0.05, 0) is 24.1 Å². The lowest BCUT2D eigenvalue weighted by Crippen LogP contribution is -2.21. The fourth-order valence-corrected chi connectivity index (χ4v) is 3.54. The molecule has 0 aliphatic carbocycles. The molecule has 0 radical (unpaired) electrons. The first-order valence-corrected chi connectivity index (χ1v) is 9.84. The Bertz CT molecular complexity index is 1310. The second-order valence-corrected chi connectivity index (χ2v) is 7.66. The quantitative estimate of drug-likeness (QED) is 0.480. The van der Waals surface area contributed by atoms with Gasteiger partial charge >= 0.3 is 0 Å². The Morgan fingerprint density at radius 2 is 2.03 bits per heavy atom. The third-order valence-corrected chi connectivity index (χ3v) is 5.12. The minimum absolute atomic E-state index is 0.0322. The second-order valence-electron chi connectivity index (χ2n) is 7.27. The fraction of sp³-hybridized carbons (Fsp3) is 0.190. The van der Waals surface area contributed by atoms with Gasteiger partial charge in [-0.15, -0.1) is 0 Å². The van der Waals surface area contributed by atoms with E-state index in [0.717, 1.165) is 5.56 Å². The number of nitrogens with two attached hydrogens (primary N) is 1. The van der Waals surface area contributed by atoms with Gasteiger partial charge in [0.05, 0.1) is 17.9 Å². The minimum Gasteiger partial charge on any atom is -0.382 e. The molecule has 3 aromatic heterocycles. The molecule has 0 saturated heterocycles. The average molecular weight is 437 g/mol. The van der Waals surface area contributed by atoms with Crippen LogP contribution >= 0.6 is 11.6 Å². The number of aromatic nitrogens is 5. The molecule has 3 heterocycles. The predicted molar refractivity (Wildman–Crippen MR) is 116 cm³/mol. The summed E-state index contributed by atoms with van der Waals surface area (Å²) in [5.74, 6) is 0.0396. The van der Waals surface area contributed by atoms with Crippen molar-refractivity contribution >= 4 is 28.9 Å². The standard InChI is InChI=1S/C21H18ClFN8/c1-11(2)18(29-21-15(8-24)20(25)27-10-28-21)14-7-17-26-9-16(22)31(17)30-19(14)12-4-3-5-13(23)6-12/h3-7,9-11,18H,1-2H3,(H3,25,27,28,29)/t18-/m1/s1. The number of benzene rings is 1. The summed E-state index contributed by atoms with van der Waals surface area (Å²) in [6.45, 7) is 4.01. The molecule has 0 aliphatic heterocycles. The highest BCUT2D eigenvalue weighted by Gasteiger charge is 2.25. The van der Waals surface area contributed by atoms with Crippen LogP contribution in [0.4, 0.5) is 16.0 Å². The molecule has 10 heteroatoms. The number of hydrogen-bond acceptors (Lipinski definition) is 7. The Morgan fingerprint density at radius 3 is 2.74 bits per heavy atom. The maximum atomic E-state index is 14.0. The number of hydrogen-bond donors (Lipinski definition) is 2. The van der Waals surface area contributed by atoms with Crippen molar-refractivity contribution in [2.24, 2.45) is 5.92 Å². The summed E-state index contributed by atoms with van der Waals surface area (Å²) in [5.41, 5.74) is 8.38. The van der Waals surface area contributed by atoms with E-state index in [1.165, 1.54) is 29.2 Å². The second kappa shape index (κ2) is 8.16. The van der Waals surface area contributed by atoms with Crippen molar-refractivity contribution in [3.05, 3.63) is 65.0 Å². The molecule has 0 spiro atoms. The Labute approximate surface area is 182 Å². The topological polar surface area (TPSA) is 118 Å². The lowest BCUT2D eigenvalue weighted by atomic mass is 9.92. The number of imidazole rings is 1. The van der Waals surface area contributed by atoms with E-state index >= 15 is 0 Å². The highest BCUT2D eigenvalue weighted by Crippen LogP contribution is 2.35. The van der Waals surface area contributed by atoms with Crippen molar-refractivity contribution in [1.82, 2.24) is 24.6 Å². The van der Waals surface area contributed by atoms with Gasteiger partial charge in [0.15, 0.2) is 10.8 Å². The van der Waals surface area contributed by atoms with Gasteiger partial charge in [0.25, 0.3) is 0 Å². The first-order valence-electron chi connectivity index (χ1n) is 9.46. The zero-order valence-corrected chi connectivity index (χ0v) is 17.5. The third-order valence-electron chi connectivity index (χ3n) is 4.86. The number of nitrogens with one attached hydrogen (secondary N) is 1. The molecule has 0 bridgehead atoms. The number of fused-ring (bicyclic) bond motifs is 1. The molecular weight excluding hydrogens is 419 g/mol. The fourth-order valence-electron chi connectivity index (χ4n) is 3.37. The molecular formula is C21H18ClFN8. The Morgan fingerprint density at radius 1 is 1.23 bits per heavy atom. The monoisotopic (exact) mass is 436 g/mol. The van der Waals surface area contributed by atoms with Gasteiger partial charge in [0.2, 0.25) is 0 Å². The molecule has 0 aliphatic rings. The smallest absolute Gasteiger partial charge is 0.155 e. The van der Waals surface area contributed by atoms with Gasteiger partial charge in [0.1, 0.15) is 35.4 Å². The zero-order chi connectivity index (χ0) is 22.1. The van der Waals surface area contributed by atoms with E-state index in [1.807, 2.05) is 26.0 Å². The van der Waals surface area contributed by atoms with Crippen LogP contribution in [0.1, 0.15) is 31.0 Å². The van der Waals surface area contributed by atoms with Crippen LogP contribution in [0.25, 0.3) is 16.9 Å². The van der Waals surface area contributed by atoms with Crippen LogP contribution in [0.3, 0.4) is 0 Å². The highest BCUT2D eigenvalue weighted by molar-refractivity contribution is 6.29. The summed E-state index contributed by atoms with van der Waals surface area (Å²) in [4.78, 5) is 12.4. The van der Waals surface area contributed by atoms with Gasteiger partial charge in [-0.3, -0.25) is 0 Å². The number of halogens is 2. The van der Waals surface area contributed by atoms with Gasteiger partial charge in [0, 0.05) is 11.1 Å². The van der Waals surface area contributed by atoms with E-state index < -0.39 is 0 Å². The molecule has 31 heavy (non-hydrogen) atoms. The van der Waals surface area contributed by atoms with Crippen LogP contribution in [0, 0.1) is 23.1 Å². The van der Waals surface area contributed by atoms with Crippen LogP contribution in [-0.4, -0.2) is 24.6 Å². The van der Waals surface area contributed by atoms with Crippen LogP contribution in [-0.2, 0) is 0 Å². The summed E-state index contributed by atoms with van der Waals surface area (Å²) >= 11 is 6.23. The molecule has 8 nitrogen and oxygen atoms in total. The van der Waals surface area contributed by atoms with Crippen molar-refractivity contribution in [2.75, 3.05) is 11.1 Å². The number of nitrogens with zero attached hydrogens (tertiary/aromatic N) is 6. The van der Waals surface area contributed by atoms with Crippen LogP contribution in [0.2, 0.25) is 5.15 Å². The summed E-state index contributed by atoms with van der Waals surface area (Å²) in [6, 6.07) is 9.68.